The Morgan fingerprint density at radius 1 is 0.895 bits per heavy atom. The summed E-state index contributed by atoms with van der Waals surface area (Å²) in [6, 6.07) is 17.7. The van der Waals surface area contributed by atoms with Crippen molar-refractivity contribution in [3.63, 3.8) is 0 Å². The third-order valence-electron chi connectivity index (χ3n) is 2.96. The van der Waals surface area contributed by atoms with Crippen LogP contribution < -0.4 is 0 Å². The van der Waals surface area contributed by atoms with Crippen LogP contribution in [-0.2, 0) is 12.8 Å². The summed E-state index contributed by atoms with van der Waals surface area (Å²) in [4.78, 5) is 0. The molecule has 3 heteroatoms. The predicted octanol–water partition coefficient (Wildman–Crippen LogP) is 3.98. The van der Waals surface area contributed by atoms with E-state index in [0.29, 0.717) is 11.1 Å². The van der Waals surface area contributed by atoms with Crippen molar-refractivity contribution >= 4 is 15.9 Å². The quantitative estimate of drug-likeness (QED) is 0.861. The summed E-state index contributed by atoms with van der Waals surface area (Å²) in [5.41, 5.74) is 3.35. The maximum Gasteiger partial charge on any atom is 0.0994 e. The van der Waals surface area contributed by atoms with Gasteiger partial charge in [-0.3, -0.25) is 0 Å². The van der Waals surface area contributed by atoms with Gasteiger partial charge in [-0.1, -0.05) is 34.1 Å². The molecule has 0 radical (unpaired) electrons. The standard InChI is InChI=1S/C16H11BrN2/c17-16-7-3-12(4-8-16)1-5-14-6-2-13(10-18)9-15(14)11-19/h2-4,6-9H,1,5H2. The molecule has 19 heavy (non-hydrogen) atoms. The minimum Gasteiger partial charge on any atom is -0.192 e. The monoisotopic (exact) mass is 310 g/mol. The van der Waals surface area contributed by atoms with Gasteiger partial charge in [0.2, 0.25) is 0 Å². The highest BCUT2D eigenvalue weighted by molar-refractivity contribution is 9.10. The normalized spacial score (nSPS) is 9.63. The third-order valence-corrected chi connectivity index (χ3v) is 3.48. The van der Waals surface area contributed by atoms with E-state index in [4.69, 9.17) is 10.5 Å². The second-order valence-electron chi connectivity index (χ2n) is 4.22. The number of rotatable bonds is 3. The van der Waals surface area contributed by atoms with Crippen molar-refractivity contribution in [1.29, 1.82) is 10.5 Å². The van der Waals surface area contributed by atoms with Crippen LogP contribution in [0.4, 0.5) is 0 Å². The topological polar surface area (TPSA) is 47.6 Å². The molecule has 0 aromatic heterocycles. The van der Waals surface area contributed by atoms with E-state index in [0.717, 1.165) is 22.9 Å². The molecule has 0 spiro atoms. The number of aryl methyl sites for hydroxylation is 2. The zero-order valence-electron chi connectivity index (χ0n) is 10.2. The lowest BCUT2D eigenvalue weighted by atomic mass is 9.99. The summed E-state index contributed by atoms with van der Waals surface area (Å²) >= 11 is 3.41. The molecule has 0 atom stereocenters. The molecular weight excluding hydrogens is 300 g/mol. The van der Waals surface area contributed by atoms with Gasteiger partial charge in [-0.15, -0.1) is 0 Å². The summed E-state index contributed by atoms with van der Waals surface area (Å²) in [7, 11) is 0. The Bertz CT molecular complexity index is 661. The Kier molecular flexibility index (Phi) is 4.34. The summed E-state index contributed by atoms with van der Waals surface area (Å²) in [5, 5.41) is 17.9. The van der Waals surface area contributed by atoms with Crippen LogP contribution in [0.25, 0.3) is 0 Å². The largest absolute Gasteiger partial charge is 0.192 e. The molecule has 92 valence electrons. The van der Waals surface area contributed by atoms with E-state index in [2.05, 4.69) is 40.2 Å². The molecule has 0 amide bonds. The number of hydrogen-bond donors (Lipinski definition) is 0. The van der Waals surface area contributed by atoms with Gasteiger partial charge in [0.15, 0.2) is 0 Å². The van der Waals surface area contributed by atoms with Crippen molar-refractivity contribution in [2.24, 2.45) is 0 Å². The van der Waals surface area contributed by atoms with Gasteiger partial charge in [0.25, 0.3) is 0 Å². The van der Waals surface area contributed by atoms with Gasteiger partial charge < -0.3 is 0 Å². The van der Waals surface area contributed by atoms with Crippen LogP contribution in [0, 0.1) is 22.7 Å². The fraction of sp³-hybridized carbons (Fsp3) is 0.125. The van der Waals surface area contributed by atoms with Crippen molar-refractivity contribution in [3.8, 4) is 12.1 Å². The molecule has 0 N–H and O–H groups in total. The molecule has 0 aliphatic heterocycles. The van der Waals surface area contributed by atoms with Gasteiger partial charge in [0.1, 0.15) is 0 Å². The van der Waals surface area contributed by atoms with Crippen LogP contribution in [0.2, 0.25) is 0 Å². The van der Waals surface area contributed by atoms with Crippen LogP contribution in [0.15, 0.2) is 46.9 Å². The Morgan fingerprint density at radius 2 is 1.63 bits per heavy atom. The van der Waals surface area contributed by atoms with Gasteiger partial charge in [0.05, 0.1) is 23.3 Å². The Balaban J connectivity index is 2.14. The molecule has 0 aliphatic carbocycles. The smallest absolute Gasteiger partial charge is 0.0994 e. The first kappa shape index (κ1) is 13.3. The molecule has 0 unspecified atom stereocenters. The fourth-order valence-electron chi connectivity index (χ4n) is 1.90. The molecule has 0 fully saturated rings. The minimum absolute atomic E-state index is 0.531. The Hall–Kier alpha value is -2.10. The fourth-order valence-corrected chi connectivity index (χ4v) is 2.16. The second kappa shape index (κ2) is 6.18. The molecule has 0 heterocycles. The van der Waals surface area contributed by atoms with Gasteiger partial charge in [-0.25, -0.2) is 0 Å². The van der Waals surface area contributed by atoms with E-state index in [1.54, 1.807) is 12.1 Å². The zero-order chi connectivity index (χ0) is 13.7. The van der Waals surface area contributed by atoms with E-state index in [9.17, 15) is 0 Å². The van der Waals surface area contributed by atoms with Gasteiger partial charge >= 0.3 is 0 Å². The van der Waals surface area contributed by atoms with Crippen molar-refractivity contribution in [2.75, 3.05) is 0 Å². The average Bonchev–Trinajstić information content (AvgIpc) is 2.46. The lowest BCUT2D eigenvalue weighted by Gasteiger charge is -2.05. The molecule has 0 bridgehead atoms. The van der Waals surface area contributed by atoms with Crippen molar-refractivity contribution in [3.05, 3.63) is 69.2 Å². The summed E-state index contributed by atoms with van der Waals surface area (Å²) in [6.45, 7) is 0. The SMILES string of the molecule is N#Cc1ccc(CCc2ccc(Br)cc2)c(C#N)c1. The summed E-state index contributed by atoms with van der Waals surface area (Å²) in [6.07, 6.45) is 1.68. The van der Waals surface area contributed by atoms with Crippen LogP contribution in [0.5, 0.6) is 0 Å². The number of benzene rings is 2. The average molecular weight is 311 g/mol. The molecule has 2 aromatic carbocycles. The van der Waals surface area contributed by atoms with Gasteiger partial charge in [-0.2, -0.15) is 10.5 Å². The van der Waals surface area contributed by atoms with E-state index >= 15 is 0 Å². The Labute approximate surface area is 121 Å². The molecule has 2 rings (SSSR count). The first-order chi connectivity index (χ1) is 9.22. The number of halogens is 1. The van der Waals surface area contributed by atoms with E-state index in [1.165, 1.54) is 5.56 Å². The molecule has 2 aromatic rings. The molecule has 2 nitrogen and oxygen atoms in total. The highest BCUT2D eigenvalue weighted by Crippen LogP contribution is 2.16. The zero-order valence-corrected chi connectivity index (χ0v) is 11.8. The van der Waals surface area contributed by atoms with Crippen molar-refractivity contribution < 1.29 is 0 Å². The molecular formula is C16H11BrN2. The molecule has 0 aliphatic rings. The van der Waals surface area contributed by atoms with Crippen LogP contribution in [0.1, 0.15) is 22.3 Å². The number of nitriles is 2. The van der Waals surface area contributed by atoms with E-state index in [1.807, 2.05) is 18.2 Å². The van der Waals surface area contributed by atoms with Gasteiger partial charge in [0, 0.05) is 4.47 Å². The Morgan fingerprint density at radius 3 is 2.26 bits per heavy atom. The lowest BCUT2D eigenvalue weighted by molar-refractivity contribution is 0.955. The highest BCUT2D eigenvalue weighted by Gasteiger charge is 2.04. The minimum atomic E-state index is 0.531. The summed E-state index contributed by atoms with van der Waals surface area (Å²) in [5.74, 6) is 0. The van der Waals surface area contributed by atoms with Gasteiger partial charge in [-0.05, 0) is 48.2 Å². The predicted molar refractivity (Wildman–Crippen MR) is 77.4 cm³/mol. The van der Waals surface area contributed by atoms with Crippen LogP contribution in [0.3, 0.4) is 0 Å². The van der Waals surface area contributed by atoms with E-state index in [-0.39, 0.29) is 0 Å². The van der Waals surface area contributed by atoms with Crippen molar-refractivity contribution in [1.82, 2.24) is 0 Å². The third kappa shape index (κ3) is 3.44. The first-order valence-electron chi connectivity index (χ1n) is 5.90. The molecule has 0 saturated carbocycles. The highest BCUT2D eigenvalue weighted by atomic mass is 79.9. The molecule has 0 saturated heterocycles. The number of nitrogens with zero attached hydrogens (tertiary/aromatic N) is 2. The first-order valence-corrected chi connectivity index (χ1v) is 6.70. The van der Waals surface area contributed by atoms with E-state index < -0.39 is 0 Å². The maximum absolute atomic E-state index is 9.11. The summed E-state index contributed by atoms with van der Waals surface area (Å²) < 4.78 is 1.06. The number of hydrogen-bond acceptors (Lipinski definition) is 2. The second-order valence-corrected chi connectivity index (χ2v) is 5.14. The van der Waals surface area contributed by atoms with Crippen LogP contribution in [-0.4, -0.2) is 0 Å². The van der Waals surface area contributed by atoms with Crippen molar-refractivity contribution in [2.45, 2.75) is 12.8 Å². The lowest BCUT2D eigenvalue weighted by Crippen LogP contribution is -1.95. The maximum atomic E-state index is 9.11. The van der Waals surface area contributed by atoms with Crippen LogP contribution >= 0.6 is 15.9 Å².